The molecule has 1 aromatic carbocycles. The lowest BCUT2D eigenvalue weighted by Crippen LogP contribution is -2.24. The van der Waals surface area contributed by atoms with Crippen molar-refractivity contribution in [2.24, 2.45) is 11.8 Å². The summed E-state index contributed by atoms with van der Waals surface area (Å²) >= 11 is 0. The smallest absolute Gasteiger partial charge is 0.308 e. The molecule has 3 atom stereocenters. The van der Waals surface area contributed by atoms with Gasteiger partial charge in [-0.2, -0.15) is 0 Å². The fraction of sp³-hybridized carbons (Fsp3) is 0.577. The molecule has 0 radical (unpaired) electrons. The molecule has 0 amide bonds. The first-order valence-electron chi connectivity index (χ1n) is 11.4. The Bertz CT molecular complexity index is 786. The van der Waals surface area contributed by atoms with Gasteiger partial charge >= 0.3 is 11.9 Å². The van der Waals surface area contributed by atoms with E-state index in [0.29, 0.717) is 17.9 Å². The van der Waals surface area contributed by atoms with Crippen molar-refractivity contribution in [1.29, 1.82) is 0 Å². The van der Waals surface area contributed by atoms with Gasteiger partial charge < -0.3 is 14.3 Å². The fourth-order valence-corrected chi connectivity index (χ4v) is 4.54. The first-order valence-corrected chi connectivity index (χ1v) is 11.4. The molecule has 0 heterocycles. The molecule has 5 heteroatoms. The summed E-state index contributed by atoms with van der Waals surface area (Å²) in [5, 5.41) is 0. The van der Waals surface area contributed by atoms with E-state index in [9.17, 15) is 14.4 Å². The van der Waals surface area contributed by atoms with Crippen LogP contribution in [0.5, 0.6) is 11.5 Å². The number of allylic oxidation sites excluding steroid dienone is 2. The number of unbranched alkanes of at least 4 members (excludes halogenated alkanes) is 2. The average molecular weight is 429 g/mol. The molecule has 1 aliphatic rings. The van der Waals surface area contributed by atoms with Gasteiger partial charge in [-0.3, -0.25) is 9.59 Å². The van der Waals surface area contributed by atoms with Crippen molar-refractivity contribution >= 4 is 18.2 Å². The molecule has 0 unspecified atom stereocenters. The Morgan fingerprint density at radius 1 is 1.13 bits per heavy atom. The second-order valence-corrected chi connectivity index (χ2v) is 8.77. The number of benzene rings is 1. The highest BCUT2D eigenvalue weighted by Crippen LogP contribution is 2.48. The van der Waals surface area contributed by atoms with Gasteiger partial charge in [0.25, 0.3) is 0 Å². The molecule has 1 aromatic rings. The minimum Gasteiger partial charge on any atom is -0.426 e. The Morgan fingerprint density at radius 3 is 2.26 bits per heavy atom. The molecule has 0 aromatic heterocycles. The largest absolute Gasteiger partial charge is 0.426 e. The molecule has 2 rings (SSSR count). The van der Waals surface area contributed by atoms with E-state index in [2.05, 4.69) is 26.8 Å². The van der Waals surface area contributed by atoms with E-state index in [1.165, 1.54) is 19.4 Å². The molecule has 0 spiro atoms. The molecule has 31 heavy (non-hydrogen) atoms. The lowest BCUT2D eigenvalue weighted by atomic mass is 9.70. The maximum absolute atomic E-state index is 11.9. The Labute approximate surface area is 186 Å². The number of aldehydes is 1. The van der Waals surface area contributed by atoms with Crippen molar-refractivity contribution in [3.05, 3.63) is 34.9 Å². The van der Waals surface area contributed by atoms with Crippen molar-refractivity contribution < 1.29 is 23.9 Å². The van der Waals surface area contributed by atoms with Crippen molar-refractivity contribution in [2.45, 2.75) is 85.5 Å². The number of carbonyl (C=O) groups excluding carboxylic acids is 3. The van der Waals surface area contributed by atoms with Gasteiger partial charge in [-0.15, -0.1) is 0 Å². The van der Waals surface area contributed by atoms with Crippen LogP contribution in [-0.2, 0) is 20.8 Å². The second kappa shape index (κ2) is 11.8. The number of rotatable bonds is 10. The van der Waals surface area contributed by atoms with Crippen molar-refractivity contribution in [1.82, 2.24) is 0 Å². The minimum atomic E-state index is -0.408. The van der Waals surface area contributed by atoms with E-state index >= 15 is 0 Å². The molecule has 5 nitrogen and oxygen atoms in total. The highest BCUT2D eigenvalue weighted by atomic mass is 16.5. The van der Waals surface area contributed by atoms with E-state index in [4.69, 9.17) is 9.47 Å². The zero-order valence-corrected chi connectivity index (χ0v) is 19.5. The lowest BCUT2D eigenvalue weighted by Gasteiger charge is -2.35. The van der Waals surface area contributed by atoms with Crippen LogP contribution in [-0.4, -0.2) is 18.2 Å². The van der Waals surface area contributed by atoms with Crippen LogP contribution in [0.4, 0.5) is 0 Å². The number of hydrogen-bond acceptors (Lipinski definition) is 5. The predicted octanol–water partition coefficient (Wildman–Crippen LogP) is 5.93. The quantitative estimate of drug-likeness (QED) is 0.152. The molecule has 170 valence electrons. The molecule has 0 aliphatic heterocycles. The highest BCUT2D eigenvalue weighted by Gasteiger charge is 2.34. The Kier molecular flexibility index (Phi) is 9.47. The molecule has 0 fully saturated rings. The summed E-state index contributed by atoms with van der Waals surface area (Å²) in [4.78, 5) is 35.1. The van der Waals surface area contributed by atoms with Crippen LogP contribution in [0.15, 0.2) is 23.8 Å². The topological polar surface area (TPSA) is 69.7 Å². The summed E-state index contributed by atoms with van der Waals surface area (Å²) in [6, 6.07) is 3.83. The molecular weight excluding hydrogens is 392 g/mol. The standard InChI is InChI=1S/C26H36O5/c1-6-7-8-9-21-15-24(30-19(4)28)26(25(16-21)31-20(5)29)23-14-17(2)10-11-22(23)18(3)12-13-27/h13-16,18,22-23H,6-12H2,1-5H3/t18-,22-,23+/m0/s1. The maximum atomic E-state index is 11.9. The van der Waals surface area contributed by atoms with Crippen LogP contribution in [0.3, 0.4) is 0 Å². The summed E-state index contributed by atoms with van der Waals surface area (Å²) in [6.07, 6.45) is 9.54. The van der Waals surface area contributed by atoms with E-state index in [0.717, 1.165) is 55.9 Å². The van der Waals surface area contributed by atoms with Gasteiger partial charge in [-0.25, -0.2) is 0 Å². The number of esters is 2. The number of hydrogen-bond donors (Lipinski definition) is 0. The van der Waals surface area contributed by atoms with Crippen LogP contribution in [0.25, 0.3) is 0 Å². The summed E-state index contributed by atoms with van der Waals surface area (Å²) in [5.41, 5.74) is 2.96. The third kappa shape index (κ3) is 7.05. The Balaban J connectivity index is 2.64. The zero-order chi connectivity index (χ0) is 23.0. The van der Waals surface area contributed by atoms with Gasteiger partial charge in [0.05, 0.1) is 0 Å². The number of carbonyl (C=O) groups is 3. The number of ether oxygens (including phenoxy) is 2. The van der Waals surface area contributed by atoms with Gasteiger partial charge in [0.1, 0.15) is 17.8 Å². The minimum absolute atomic E-state index is 0.0999. The van der Waals surface area contributed by atoms with Gasteiger partial charge in [0, 0.05) is 31.7 Å². The van der Waals surface area contributed by atoms with E-state index in [1.54, 1.807) is 0 Å². The van der Waals surface area contributed by atoms with Crippen molar-refractivity contribution in [3.63, 3.8) is 0 Å². The van der Waals surface area contributed by atoms with E-state index < -0.39 is 11.9 Å². The van der Waals surface area contributed by atoms with Crippen LogP contribution in [0.1, 0.15) is 90.2 Å². The van der Waals surface area contributed by atoms with Crippen molar-refractivity contribution in [2.75, 3.05) is 0 Å². The van der Waals surface area contributed by atoms with E-state index in [-0.39, 0.29) is 17.8 Å². The van der Waals surface area contributed by atoms with Crippen molar-refractivity contribution in [3.8, 4) is 11.5 Å². The third-order valence-corrected chi connectivity index (χ3v) is 6.07. The van der Waals surface area contributed by atoms with E-state index in [1.807, 2.05) is 12.1 Å². The SMILES string of the molecule is CCCCCc1cc(OC(C)=O)c([C@@H]2C=C(C)CC[C@H]2[C@@H](C)CC=O)c(OC(C)=O)c1. The third-order valence-electron chi connectivity index (χ3n) is 6.07. The van der Waals surface area contributed by atoms with Crippen LogP contribution < -0.4 is 9.47 Å². The summed E-state index contributed by atoms with van der Waals surface area (Å²) in [6.45, 7) is 9.08. The highest BCUT2D eigenvalue weighted by molar-refractivity contribution is 5.73. The van der Waals surface area contributed by atoms with Gasteiger partial charge in [0.15, 0.2) is 0 Å². The summed E-state index contributed by atoms with van der Waals surface area (Å²) in [5.74, 6) is 0.338. The molecular formula is C26H36O5. The average Bonchev–Trinajstić information content (AvgIpc) is 2.67. The first-order chi connectivity index (χ1) is 14.8. The zero-order valence-electron chi connectivity index (χ0n) is 19.5. The van der Waals surface area contributed by atoms with Gasteiger partial charge in [-0.05, 0) is 62.1 Å². The fourth-order valence-electron chi connectivity index (χ4n) is 4.54. The normalized spacial score (nSPS) is 19.3. The monoisotopic (exact) mass is 428 g/mol. The summed E-state index contributed by atoms with van der Waals surface area (Å²) in [7, 11) is 0. The Morgan fingerprint density at radius 2 is 1.74 bits per heavy atom. The molecule has 0 saturated carbocycles. The van der Waals surface area contributed by atoms with Gasteiger partial charge in [0.2, 0.25) is 0 Å². The van der Waals surface area contributed by atoms with Crippen LogP contribution >= 0.6 is 0 Å². The maximum Gasteiger partial charge on any atom is 0.308 e. The summed E-state index contributed by atoms with van der Waals surface area (Å²) < 4.78 is 11.3. The second-order valence-electron chi connectivity index (χ2n) is 8.77. The predicted molar refractivity (Wildman–Crippen MR) is 121 cm³/mol. The molecule has 1 aliphatic carbocycles. The first kappa shape index (κ1) is 24.8. The molecule has 0 N–H and O–H groups in total. The Hall–Kier alpha value is -2.43. The van der Waals surface area contributed by atoms with Crippen LogP contribution in [0.2, 0.25) is 0 Å². The van der Waals surface area contributed by atoms with Crippen LogP contribution in [0, 0.1) is 11.8 Å². The lowest BCUT2D eigenvalue weighted by molar-refractivity contribution is -0.132. The molecule has 0 bridgehead atoms. The number of aryl methyl sites for hydroxylation is 1. The van der Waals surface area contributed by atoms with Gasteiger partial charge in [-0.1, -0.05) is 38.3 Å². The molecule has 0 saturated heterocycles.